The Balaban J connectivity index is 1.52. The first-order chi connectivity index (χ1) is 5.81. The number of aliphatic hydroxyl groups is 1. The maximum absolute atomic E-state index is 8.73. The first kappa shape index (κ1) is 8.55. The highest BCUT2D eigenvalue weighted by Gasteiger charge is 2.39. The molecule has 0 aromatic carbocycles. The van der Waals surface area contributed by atoms with Gasteiger partial charge in [0, 0.05) is 6.61 Å². The molecule has 1 heteroatoms. The van der Waals surface area contributed by atoms with Crippen molar-refractivity contribution in [2.75, 3.05) is 6.61 Å². The van der Waals surface area contributed by atoms with Gasteiger partial charge in [-0.15, -0.1) is 0 Å². The van der Waals surface area contributed by atoms with E-state index in [1.165, 1.54) is 25.7 Å². The molecule has 0 bridgehead atoms. The summed E-state index contributed by atoms with van der Waals surface area (Å²) in [5.74, 6) is 3.98. The fourth-order valence-electron chi connectivity index (χ4n) is 2.41. The average molecular weight is 168 g/mol. The zero-order valence-corrected chi connectivity index (χ0v) is 8.00. The molecular weight excluding hydrogens is 148 g/mol. The molecule has 1 nitrogen and oxygen atoms in total. The SMILES string of the molecule is CC1CC1CCC1CC1CCO. The molecular formula is C11H20O. The van der Waals surface area contributed by atoms with Crippen molar-refractivity contribution >= 4 is 0 Å². The number of rotatable bonds is 5. The molecule has 70 valence electrons. The van der Waals surface area contributed by atoms with Crippen LogP contribution in [-0.4, -0.2) is 11.7 Å². The highest BCUT2D eigenvalue weighted by molar-refractivity contribution is 4.89. The molecule has 0 aromatic heterocycles. The van der Waals surface area contributed by atoms with Crippen LogP contribution in [0.15, 0.2) is 0 Å². The lowest BCUT2D eigenvalue weighted by Crippen LogP contribution is -1.89. The fourth-order valence-corrected chi connectivity index (χ4v) is 2.41. The van der Waals surface area contributed by atoms with Crippen LogP contribution < -0.4 is 0 Å². The smallest absolute Gasteiger partial charge is 0.0433 e. The van der Waals surface area contributed by atoms with E-state index in [1.54, 1.807) is 0 Å². The van der Waals surface area contributed by atoms with Crippen molar-refractivity contribution in [3.63, 3.8) is 0 Å². The second kappa shape index (κ2) is 3.37. The number of hydrogen-bond donors (Lipinski definition) is 1. The maximum Gasteiger partial charge on any atom is 0.0433 e. The van der Waals surface area contributed by atoms with Crippen LogP contribution in [0.25, 0.3) is 0 Å². The van der Waals surface area contributed by atoms with E-state index in [2.05, 4.69) is 6.92 Å². The molecule has 2 aliphatic carbocycles. The topological polar surface area (TPSA) is 20.2 Å². The van der Waals surface area contributed by atoms with Crippen molar-refractivity contribution in [2.45, 2.75) is 39.0 Å². The number of aliphatic hydroxyl groups excluding tert-OH is 1. The monoisotopic (exact) mass is 168 g/mol. The van der Waals surface area contributed by atoms with Gasteiger partial charge in [-0.25, -0.2) is 0 Å². The molecule has 0 spiro atoms. The molecule has 2 saturated carbocycles. The van der Waals surface area contributed by atoms with E-state index in [9.17, 15) is 0 Å². The van der Waals surface area contributed by atoms with Gasteiger partial charge in [0.05, 0.1) is 0 Å². The van der Waals surface area contributed by atoms with Crippen LogP contribution in [0.2, 0.25) is 0 Å². The number of hydrogen-bond acceptors (Lipinski definition) is 1. The zero-order chi connectivity index (χ0) is 8.55. The Hall–Kier alpha value is -0.0400. The van der Waals surface area contributed by atoms with E-state index in [-0.39, 0.29) is 0 Å². The Morgan fingerprint density at radius 3 is 2.17 bits per heavy atom. The van der Waals surface area contributed by atoms with Crippen LogP contribution in [0.3, 0.4) is 0 Å². The Kier molecular flexibility index (Phi) is 2.40. The van der Waals surface area contributed by atoms with Gasteiger partial charge in [0.1, 0.15) is 0 Å². The van der Waals surface area contributed by atoms with Crippen molar-refractivity contribution in [2.24, 2.45) is 23.7 Å². The molecule has 0 radical (unpaired) electrons. The first-order valence-corrected chi connectivity index (χ1v) is 5.42. The Morgan fingerprint density at radius 2 is 1.58 bits per heavy atom. The molecule has 4 unspecified atom stereocenters. The zero-order valence-electron chi connectivity index (χ0n) is 8.00. The molecule has 2 aliphatic rings. The fraction of sp³-hybridized carbons (Fsp3) is 1.00. The summed E-state index contributed by atoms with van der Waals surface area (Å²) in [6.45, 7) is 2.77. The summed E-state index contributed by atoms with van der Waals surface area (Å²) >= 11 is 0. The van der Waals surface area contributed by atoms with E-state index in [0.717, 1.165) is 30.1 Å². The molecule has 0 aromatic rings. The Morgan fingerprint density at radius 1 is 1.00 bits per heavy atom. The third-order valence-electron chi connectivity index (χ3n) is 3.75. The summed E-state index contributed by atoms with van der Waals surface area (Å²) in [5, 5.41) is 8.73. The minimum atomic E-state index is 0.404. The normalized spacial score (nSPS) is 44.5. The van der Waals surface area contributed by atoms with Crippen LogP contribution in [0.1, 0.15) is 39.0 Å². The predicted octanol–water partition coefficient (Wildman–Crippen LogP) is 2.44. The van der Waals surface area contributed by atoms with Crippen LogP contribution in [0.4, 0.5) is 0 Å². The molecule has 0 heterocycles. The maximum atomic E-state index is 8.73. The lowest BCUT2D eigenvalue weighted by molar-refractivity contribution is 0.276. The van der Waals surface area contributed by atoms with E-state index in [0.29, 0.717) is 6.61 Å². The second-order valence-electron chi connectivity index (χ2n) is 4.82. The van der Waals surface area contributed by atoms with Gasteiger partial charge in [-0.1, -0.05) is 6.92 Å². The summed E-state index contributed by atoms with van der Waals surface area (Å²) < 4.78 is 0. The third-order valence-corrected chi connectivity index (χ3v) is 3.75. The Bertz CT molecular complexity index is 155. The standard InChI is InChI=1S/C11H20O/c1-8-6-9(8)2-3-10-7-11(10)4-5-12/h8-12H,2-7H2,1H3. The summed E-state index contributed by atoms with van der Waals surface area (Å²) in [7, 11) is 0. The molecule has 0 aliphatic heterocycles. The van der Waals surface area contributed by atoms with Crippen molar-refractivity contribution in [3.05, 3.63) is 0 Å². The molecule has 4 atom stereocenters. The molecule has 0 saturated heterocycles. The Labute approximate surface area is 75.2 Å². The lowest BCUT2D eigenvalue weighted by Gasteiger charge is -1.97. The van der Waals surface area contributed by atoms with E-state index < -0.39 is 0 Å². The van der Waals surface area contributed by atoms with E-state index in [4.69, 9.17) is 5.11 Å². The van der Waals surface area contributed by atoms with Gasteiger partial charge >= 0.3 is 0 Å². The van der Waals surface area contributed by atoms with Crippen molar-refractivity contribution in [1.29, 1.82) is 0 Å². The predicted molar refractivity (Wildman–Crippen MR) is 49.8 cm³/mol. The van der Waals surface area contributed by atoms with E-state index in [1.807, 2.05) is 0 Å². The van der Waals surface area contributed by atoms with Crippen LogP contribution >= 0.6 is 0 Å². The van der Waals surface area contributed by atoms with Gasteiger partial charge in [0.15, 0.2) is 0 Å². The van der Waals surface area contributed by atoms with Gasteiger partial charge in [-0.2, -0.15) is 0 Å². The minimum Gasteiger partial charge on any atom is -0.396 e. The van der Waals surface area contributed by atoms with Crippen LogP contribution in [0.5, 0.6) is 0 Å². The highest BCUT2D eigenvalue weighted by atomic mass is 16.3. The quantitative estimate of drug-likeness (QED) is 0.668. The van der Waals surface area contributed by atoms with Gasteiger partial charge in [0.2, 0.25) is 0 Å². The summed E-state index contributed by atoms with van der Waals surface area (Å²) in [6.07, 6.45) is 6.86. The molecule has 2 fully saturated rings. The van der Waals surface area contributed by atoms with Crippen molar-refractivity contribution in [3.8, 4) is 0 Å². The summed E-state index contributed by atoms with van der Waals surface area (Å²) in [4.78, 5) is 0. The highest BCUT2D eigenvalue weighted by Crippen LogP contribution is 2.49. The molecule has 12 heavy (non-hydrogen) atoms. The molecule has 0 amide bonds. The summed E-state index contributed by atoms with van der Waals surface area (Å²) in [5.41, 5.74) is 0. The first-order valence-electron chi connectivity index (χ1n) is 5.42. The third kappa shape index (κ3) is 2.01. The van der Waals surface area contributed by atoms with Gasteiger partial charge in [-0.3, -0.25) is 0 Å². The average Bonchev–Trinajstić information content (AvgIpc) is 2.88. The van der Waals surface area contributed by atoms with Crippen molar-refractivity contribution in [1.82, 2.24) is 0 Å². The van der Waals surface area contributed by atoms with Crippen LogP contribution in [-0.2, 0) is 0 Å². The van der Waals surface area contributed by atoms with Gasteiger partial charge < -0.3 is 5.11 Å². The van der Waals surface area contributed by atoms with Crippen molar-refractivity contribution < 1.29 is 5.11 Å². The second-order valence-corrected chi connectivity index (χ2v) is 4.82. The van der Waals surface area contributed by atoms with Gasteiger partial charge in [-0.05, 0) is 55.8 Å². The van der Waals surface area contributed by atoms with E-state index >= 15 is 0 Å². The summed E-state index contributed by atoms with van der Waals surface area (Å²) in [6, 6.07) is 0. The van der Waals surface area contributed by atoms with Gasteiger partial charge in [0.25, 0.3) is 0 Å². The molecule has 1 N–H and O–H groups in total. The largest absolute Gasteiger partial charge is 0.396 e. The minimum absolute atomic E-state index is 0.404. The molecule has 2 rings (SSSR count). The van der Waals surface area contributed by atoms with Crippen LogP contribution in [0, 0.1) is 23.7 Å². The lowest BCUT2D eigenvalue weighted by atomic mass is 10.1.